The van der Waals surface area contributed by atoms with E-state index in [1.807, 2.05) is 13.8 Å². The molecule has 0 bridgehead atoms. The Hall–Kier alpha value is -1.66. The summed E-state index contributed by atoms with van der Waals surface area (Å²) in [7, 11) is 0. The highest BCUT2D eigenvalue weighted by molar-refractivity contribution is 6.00. The lowest BCUT2D eigenvalue weighted by Gasteiger charge is -2.21. The summed E-state index contributed by atoms with van der Waals surface area (Å²) in [5, 5.41) is 8.73. The first-order chi connectivity index (χ1) is 9.52. The maximum absolute atomic E-state index is 12.6. The average molecular weight is 270 g/mol. The first-order valence-corrected chi connectivity index (χ1v) is 7.25. The summed E-state index contributed by atoms with van der Waals surface area (Å²) < 4.78 is 0. The number of Topliss-reactive ketones (excluding diaryl/α,β-unsaturated/α-hetero) is 1. The quantitative estimate of drug-likeness (QED) is 0.746. The molecule has 0 unspecified atom stereocenters. The second-order valence-corrected chi connectivity index (χ2v) is 5.81. The average Bonchev–Trinajstić information content (AvgIpc) is 3.17. The van der Waals surface area contributed by atoms with Crippen LogP contribution in [-0.4, -0.2) is 29.8 Å². The van der Waals surface area contributed by atoms with E-state index in [0.717, 1.165) is 29.5 Å². The van der Waals surface area contributed by atoms with Gasteiger partial charge < -0.3 is 0 Å². The maximum Gasteiger partial charge on any atom is 0.177 e. The van der Waals surface area contributed by atoms with Crippen LogP contribution in [0.5, 0.6) is 0 Å². The minimum absolute atomic E-state index is 0.185. The first-order valence-electron chi connectivity index (χ1n) is 7.25. The molecular weight excluding hydrogens is 248 g/mol. The van der Waals surface area contributed by atoms with Gasteiger partial charge in [-0.3, -0.25) is 9.69 Å². The van der Waals surface area contributed by atoms with E-state index in [9.17, 15) is 4.79 Å². The van der Waals surface area contributed by atoms with Crippen LogP contribution < -0.4 is 0 Å². The lowest BCUT2D eigenvalue weighted by Crippen LogP contribution is -2.33. The lowest BCUT2D eigenvalue weighted by molar-refractivity contribution is 0.0925. The number of ketones is 1. The molecule has 106 valence electrons. The molecule has 0 saturated heterocycles. The van der Waals surface area contributed by atoms with Gasteiger partial charge in [0.2, 0.25) is 0 Å². The molecule has 1 aliphatic carbocycles. The molecule has 0 N–H and O–H groups in total. The van der Waals surface area contributed by atoms with Crippen molar-refractivity contribution in [3.8, 4) is 6.07 Å². The van der Waals surface area contributed by atoms with Crippen LogP contribution in [-0.2, 0) is 0 Å². The second-order valence-electron chi connectivity index (χ2n) is 5.81. The third-order valence-electron chi connectivity index (χ3n) is 3.88. The zero-order valence-corrected chi connectivity index (χ0v) is 12.6. The van der Waals surface area contributed by atoms with E-state index >= 15 is 0 Å². The fraction of sp³-hybridized carbons (Fsp3) is 0.529. The summed E-state index contributed by atoms with van der Waals surface area (Å²) >= 11 is 0. The molecular formula is C17H22N2O. The Morgan fingerprint density at radius 1 is 1.30 bits per heavy atom. The molecule has 1 aromatic carbocycles. The fourth-order valence-corrected chi connectivity index (χ4v) is 2.91. The van der Waals surface area contributed by atoms with Crippen LogP contribution in [0.25, 0.3) is 0 Å². The first kappa shape index (κ1) is 14.7. The summed E-state index contributed by atoms with van der Waals surface area (Å²) in [5.74, 6) is 0.185. The summed E-state index contributed by atoms with van der Waals surface area (Å²) in [6, 6.07) is 6.82. The largest absolute Gasteiger partial charge is 0.293 e. The van der Waals surface area contributed by atoms with Gasteiger partial charge in [-0.2, -0.15) is 5.26 Å². The number of carbonyl (C=O) groups is 1. The van der Waals surface area contributed by atoms with Crippen molar-refractivity contribution in [2.75, 3.05) is 13.1 Å². The van der Waals surface area contributed by atoms with Crippen molar-refractivity contribution in [3.05, 3.63) is 34.4 Å². The van der Waals surface area contributed by atoms with E-state index in [1.165, 1.54) is 5.56 Å². The van der Waals surface area contributed by atoms with Gasteiger partial charge in [0.15, 0.2) is 5.78 Å². The van der Waals surface area contributed by atoms with Crippen LogP contribution in [0.1, 0.15) is 46.3 Å². The molecule has 0 radical (unpaired) electrons. The van der Waals surface area contributed by atoms with Crippen molar-refractivity contribution in [3.63, 3.8) is 0 Å². The van der Waals surface area contributed by atoms with Gasteiger partial charge in [0.25, 0.3) is 0 Å². The van der Waals surface area contributed by atoms with Crippen molar-refractivity contribution in [1.29, 1.82) is 5.26 Å². The number of carbonyl (C=O) groups excluding carboxylic acids is 1. The Morgan fingerprint density at radius 3 is 2.40 bits per heavy atom. The van der Waals surface area contributed by atoms with E-state index in [4.69, 9.17) is 5.26 Å². The lowest BCUT2D eigenvalue weighted by atomic mass is 9.96. The minimum Gasteiger partial charge on any atom is -0.293 e. The van der Waals surface area contributed by atoms with Crippen molar-refractivity contribution < 1.29 is 4.79 Å². The van der Waals surface area contributed by atoms with E-state index in [-0.39, 0.29) is 5.78 Å². The molecule has 0 atom stereocenters. The van der Waals surface area contributed by atoms with E-state index < -0.39 is 0 Å². The molecule has 3 heteroatoms. The van der Waals surface area contributed by atoms with Crippen LogP contribution in [0.2, 0.25) is 0 Å². The Kier molecular flexibility index (Phi) is 4.57. The fourth-order valence-electron chi connectivity index (χ4n) is 2.91. The van der Waals surface area contributed by atoms with E-state index in [0.29, 0.717) is 25.6 Å². The molecule has 3 nitrogen and oxygen atoms in total. The van der Waals surface area contributed by atoms with E-state index in [2.05, 4.69) is 30.0 Å². The van der Waals surface area contributed by atoms with Crippen LogP contribution in [0.3, 0.4) is 0 Å². The molecule has 0 aromatic heterocycles. The van der Waals surface area contributed by atoms with Gasteiger partial charge >= 0.3 is 0 Å². The molecule has 1 fully saturated rings. The number of nitrogens with zero attached hydrogens (tertiary/aromatic N) is 2. The zero-order valence-electron chi connectivity index (χ0n) is 12.6. The minimum atomic E-state index is 0.185. The van der Waals surface area contributed by atoms with Gasteiger partial charge in [0.05, 0.1) is 12.6 Å². The topological polar surface area (TPSA) is 44.1 Å². The van der Waals surface area contributed by atoms with Crippen LogP contribution in [0, 0.1) is 32.1 Å². The Labute approximate surface area is 121 Å². The van der Waals surface area contributed by atoms with Crippen LogP contribution >= 0.6 is 0 Å². The van der Waals surface area contributed by atoms with Crippen molar-refractivity contribution >= 4 is 5.78 Å². The summed E-state index contributed by atoms with van der Waals surface area (Å²) in [5.41, 5.74) is 4.17. The van der Waals surface area contributed by atoms with Gasteiger partial charge in [0.1, 0.15) is 0 Å². The van der Waals surface area contributed by atoms with Gasteiger partial charge in [-0.1, -0.05) is 17.7 Å². The highest BCUT2D eigenvalue weighted by Crippen LogP contribution is 2.27. The standard InChI is InChI=1S/C17H22N2O/c1-12-9-13(2)17(14(3)10-12)16(20)11-19(8-4-7-18)15-5-6-15/h9-10,15H,4-6,8,11H2,1-3H3. The smallest absolute Gasteiger partial charge is 0.177 e. The molecule has 2 rings (SSSR count). The number of benzene rings is 1. The van der Waals surface area contributed by atoms with Gasteiger partial charge in [-0.15, -0.1) is 0 Å². The highest BCUT2D eigenvalue weighted by atomic mass is 16.1. The number of nitriles is 1. The zero-order chi connectivity index (χ0) is 14.7. The maximum atomic E-state index is 12.6. The number of rotatable bonds is 6. The van der Waals surface area contributed by atoms with Crippen molar-refractivity contribution in [2.24, 2.45) is 0 Å². The van der Waals surface area contributed by atoms with Crippen molar-refractivity contribution in [1.82, 2.24) is 4.90 Å². The van der Waals surface area contributed by atoms with Gasteiger partial charge in [-0.25, -0.2) is 0 Å². The molecule has 1 aromatic rings. The molecule has 0 spiro atoms. The summed E-state index contributed by atoms with van der Waals surface area (Å²) in [4.78, 5) is 14.7. The predicted octanol–water partition coefficient (Wildman–Crippen LogP) is 3.17. The van der Waals surface area contributed by atoms with Gasteiger partial charge in [0, 0.05) is 24.6 Å². The second kappa shape index (κ2) is 6.19. The third kappa shape index (κ3) is 3.46. The van der Waals surface area contributed by atoms with Crippen molar-refractivity contribution in [2.45, 2.75) is 46.1 Å². The monoisotopic (exact) mass is 270 g/mol. The van der Waals surface area contributed by atoms with Crippen LogP contribution in [0.4, 0.5) is 0 Å². The Balaban J connectivity index is 2.13. The molecule has 1 aliphatic rings. The van der Waals surface area contributed by atoms with E-state index in [1.54, 1.807) is 0 Å². The number of hydrogen-bond acceptors (Lipinski definition) is 3. The Bertz CT molecular complexity index is 530. The molecule has 0 heterocycles. The molecule has 0 amide bonds. The molecule has 20 heavy (non-hydrogen) atoms. The Morgan fingerprint density at radius 2 is 1.90 bits per heavy atom. The number of hydrogen-bond donors (Lipinski definition) is 0. The predicted molar refractivity (Wildman–Crippen MR) is 79.8 cm³/mol. The normalized spacial score (nSPS) is 14.3. The van der Waals surface area contributed by atoms with Gasteiger partial charge in [-0.05, 0) is 44.7 Å². The SMILES string of the molecule is Cc1cc(C)c(C(=O)CN(CCC#N)C2CC2)c(C)c1. The third-order valence-corrected chi connectivity index (χ3v) is 3.88. The number of aryl methyl sites for hydroxylation is 3. The summed E-state index contributed by atoms with van der Waals surface area (Å²) in [6.45, 7) is 7.21. The molecule has 0 aliphatic heterocycles. The highest BCUT2D eigenvalue weighted by Gasteiger charge is 2.30. The molecule has 1 saturated carbocycles. The van der Waals surface area contributed by atoms with Crippen LogP contribution in [0.15, 0.2) is 12.1 Å². The summed E-state index contributed by atoms with van der Waals surface area (Å²) in [6.07, 6.45) is 2.81.